The third-order valence-corrected chi connectivity index (χ3v) is 2.63. The molecule has 0 aliphatic heterocycles. The summed E-state index contributed by atoms with van der Waals surface area (Å²) in [7, 11) is 0. The highest BCUT2D eigenvalue weighted by Gasteiger charge is 2.14. The lowest BCUT2D eigenvalue weighted by atomic mass is 10.1. The Morgan fingerprint density at radius 3 is 2.63 bits per heavy atom. The molecule has 0 bridgehead atoms. The summed E-state index contributed by atoms with van der Waals surface area (Å²) in [5.41, 5.74) is 7.23. The average Bonchev–Trinajstić information content (AvgIpc) is 2.42. The minimum absolute atomic E-state index is 0.322. The summed E-state index contributed by atoms with van der Waals surface area (Å²) < 4.78 is 12.6. The molecule has 19 heavy (non-hydrogen) atoms. The van der Waals surface area contributed by atoms with Crippen molar-refractivity contribution in [2.75, 3.05) is 5.32 Å². The van der Waals surface area contributed by atoms with Crippen LogP contribution in [-0.4, -0.2) is 16.9 Å². The van der Waals surface area contributed by atoms with E-state index in [-0.39, 0.29) is 5.91 Å². The highest BCUT2D eigenvalue weighted by atomic mass is 19.1. The summed E-state index contributed by atoms with van der Waals surface area (Å²) >= 11 is 0. The van der Waals surface area contributed by atoms with Gasteiger partial charge in [-0.25, -0.2) is 4.98 Å². The maximum Gasteiger partial charge on any atom is 0.241 e. The smallest absolute Gasteiger partial charge is 0.241 e. The normalized spacial score (nSPS) is 11.9. The van der Waals surface area contributed by atoms with Crippen LogP contribution in [0.25, 0.3) is 0 Å². The summed E-state index contributed by atoms with van der Waals surface area (Å²) in [5.74, 6) is -0.913. The largest absolute Gasteiger partial charge is 0.323 e. The first-order valence-corrected chi connectivity index (χ1v) is 5.87. The molecule has 1 atom stereocenters. The number of halogens is 1. The number of hydrogen-bond acceptors (Lipinski definition) is 3. The van der Waals surface area contributed by atoms with Gasteiger partial charge in [-0.3, -0.25) is 4.79 Å². The molecule has 0 unspecified atom stereocenters. The molecular weight excluding hydrogens is 245 g/mol. The number of nitrogens with zero attached hydrogens (tertiary/aromatic N) is 1. The summed E-state index contributed by atoms with van der Waals surface area (Å²) in [6, 6.07) is 11.5. The Balaban J connectivity index is 1.94. The van der Waals surface area contributed by atoms with Crippen molar-refractivity contribution in [2.24, 2.45) is 5.73 Å². The second-order valence-corrected chi connectivity index (χ2v) is 4.16. The molecule has 0 aliphatic rings. The lowest BCUT2D eigenvalue weighted by molar-refractivity contribution is -0.117. The van der Waals surface area contributed by atoms with Gasteiger partial charge < -0.3 is 11.1 Å². The van der Waals surface area contributed by atoms with E-state index in [0.29, 0.717) is 12.1 Å². The van der Waals surface area contributed by atoms with Crippen LogP contribution < -0.4 is 11.1 Å². The van der Waals surface area contributed by atoms with E-state index in [1.165, 1.54) is 18.3 Å². The monoisotopic (exact) mass is 259 g/mol. The first kappa shape index (κ1) is 13.2. The van der Waals surface area contributed by atoms with Gasteiger partial charge >= 0.3 is 0 Å². The number of hydrogen-bond donors (Lipinski definition) is 2. The number of nitrogens with two attached hydrogens (primary N) is 1. The van der Waals surface area contributed by atoms with Crippen molar-refractivity contribution in [2.45, 2.75) is 12.5 Å². The lowest BCUT2D eigenvalue weighted by Gasteiger charge is -2.12. The average molecular weight is 259 g/mol. The molecule has 2 aromatic rings. The standard InChI is InChI=1S/C14H14FN3O/c15-13-7-6-11(9-17-13)18-14(19)12(16)8-10-4-2-1-3-5-10/h1-7,9,12H,8,16H2,(H,18,19)/t12-/m0/s1. The fourth-order valence-electron chi connectivity index (χ4n) is 1.65. The van der Waals surface area contributed by atoms with Gasteiger partial charge in [0.15, 0.2) is 0 Å². The van der Waals surface area contributed by atoms with Gasteiger partial charge in [-0.05, 0) is 24.1 Å². The molecule has 5 heteroatoms. The van der Waals surface area contributed by atoms with Crippen molar-refractivity contribution in [1.29, 1.82) is 0 Å². The summed E-state index contributed by atoms with van der Waals surface area (Å²) in [4.78, 5) is 15.3. The zero-order valence-corrected chi connectivity index (χ0v) is 10.2. The molecule has 0 saturated heterocycles. The fourth-order valence-corrected chi connectivity index (χ4v) is 1.65. The van der Waals surface area contributed by atoms with Gasteiger partial charge in [-0.2, -0.15) is 4.39 Å². The zero-order valence-electron chi connectivity index (χ0n) is 10.2. The molecule has 3 N–H and O–H groups in total. The van der Waals surface area contributed by atoms with Crippen molar-refractivity contribution < 1.29 is 9.18 Å². The maximum atomic E-state index is 12.6. The van der Waals surface area contributed by atoms with E-state index in [2.05, 4.69) is 10.3 Å². The number of anilines is 1. The number of amides is 1. The van der Waals surface area contributed by atoms with Crippen molar-refractivity contribution in [3.8, 4) is 0 Å². The Bertz CT molecular complexity index is 542. The SMILES string of the molecule is N[C@@H](Cc1ccccc1)C(=O)Nc1ccc(F)nc1. The minimum atomic E-state index is -0.660. The van der Waals surface area contributed by atoms with Gasteiger partial charge in [0.25, 0.3) is 0 Å². The van der Waals surface area contributed by atoms with Crippen molar-refractivity contribution in [3.63, 3.8) is 0 Å². The number of nitrogens with one attached hydrogen (secondary N) is 1. The van der Waals surface area contributed by atoms with Gasteiger partial charge in [0, 0.05) is 0 Å². The molecule has 98 valence electrons. The van der Waals surface area contributed by atoms with Crippen LogP contribution >= 0.6 is 0 Å². The predicted molar refractivity (Wildman–Crippen MR) is 70.9 cm³/mol. The van der Waals surface area contributed by atoms with Crippen LogP contribution in [0.5, 0.6) is 0 Å². The summed E-state index contributed by atoms with van der Waals surface area (Å²) in [6.45, 7) is 0. The van der Waals surface area contributed by atoms with Gasteiger partial charge in [0.1, 0.15) is 0 Å². The molecule has 0 fully saturated rings. The van der Waals surface area contributed by atoms with E-state index in [1.807, 2.05) is 30.3 Å². The molecule has 1 amide bonds. The number of carbonyl (C=O) groups excluding carboxylic acids is 1. The number of benzene rings is 1. The van der Waals surface area contributed by atoms with E-state index < -0.39 is 12.0 Å². The van der Waals surface area contributed by atoms with Crippen LogP contribution in [0.15, 0.2) is 48.7 Å². The lowest BCUT2D eigenvalue weighted by Crippen LogP contribution is -2.37. The van der Waals surface area contributed by atoms with Gasteiger partial charge in [0.05, 0.1) is 17.9 Å². The Labute approximate surface area is 110 Å². The summed E-state index contributed by atoms with van der Waals surface area (Å²) in [5, 5.41) is 2.60. The Morgan fingerprint density at radius 2 is 2.00 bits per heavy atom. The Kier molecular flexibility index (Phi) is 4.20. The van der Waals surface area contributed by atoms with Gasteiger partial charge in [-0.1, -0.05) is 30.3 Å². The first-order valence-electron chi connectivity index (χ1n) is 5.87. The topological polar surface area (TPSA) is 68.0 Å². The number of aromatic nitrogens is 1. The van der Waals surface area contributed by atoms with E-state index in [4.69, 9.17) is 5.73 Å². The van der Waals surface area contributed by atoms with Crippen LogP contribution in [-0.2, 0) is 11.2 Å². The van der Waals surface area contributed by atoms with Crippen molar-refractivity contribution >= 4 is 11.6 Å². The van der Waals surface area contributed by atoms with Crippen molar-refractivity contribution in [3.05, 3.63) is 60.2 Å². The van der Waals surface area contributed by atoms with Gasteiger partial charge in [-0.15, -0.1) is 0 Å². The first-order chi connectivity index (χ1) is 9.15. The minimum Gasteiger partial charge on any atom is -0.323 e. The number of rotatable bonds is 4. The third-order valence-electron chi connectivity index (χ3n) is 2.63. The van der Waals surface area contributed by atoms with Crippen LogP contribution in [0.1, 0.15) is 5.56 Å². The Hall–Kier alpha value is -2.27. The van der Waals surface area contributed by atoms with E-state index >= 15 is 0 Å². The maximum absolute atomic E-state index is 12.6. The zero-order chi connectivity index (χ0) is 13.7. The third kappa shape index (κ3) is 3.86. The van der Waals surface area contributed by atoms with Crippen LogP contribution in [0.2, 0.25) is 0 Å². The van der Waals surface area contributed by atoms with E-state index in [0.717, 1.165) is 5.56 Å². The van der Waals surface area contributed by atoms with E-state index in [9.17, 15) is 9.18 Å². The second-order valence-electron chi connectivity index (χ2n) is 4.16. The Morgan fingerprint density at radius 1 is 1.26 bits per heavy atom. The van der Waals surface area contributed by atoms with Crippen LogP contribution in [0.3, 0.4) is 0 Å². The number of carbonyl (C=O) groups is 1. The quantitative estimate of drug-likeness (QED) is 0.822. The molecule has 0 spiro atoms. The van der Waals surface area contributed by atoms with Crippen LogP contribution in [0, 0.1) is 5.95 Å². The molecule has 1 heterocycles. The van der Waals surface area contributed by atoms with E-state index in [1.54, 1.807) is 0 Å². The predicted octanol–water partition coefficient (Wildman–Crippen LogP) is 1.73. The highest BCUT2D eigenvalue weighted by Crippen LogP contribution is 2.07. The van der Waals surface area contributed by atoms with Crippen LogP contribution in [0.4, 0.5) is 10.1 Å². The van der Waals surface area contributed by atoms with Crippen molar-refractivity contribution in [1.82, 2.24) is 4.98 Å². The summed E-state index contributed by atoms with van der Waals surface area (Å²) in [6.07, 6.45) is 1.70. The molecule has 1 aromatic heterocycles. The molecule has 0 aliphatic carbocycles. The fraction of sp³-hybridized carbons (Fsp3) is 0.143. The molecule has 4 nitrogen and oxygen atoms in total. The molecule has 0 radical (unpaired) electrons. The molecule has 1 aromatic carbocycles. The van der Waals surface area contributed by atoms with Gasteiger partial charge in [0.2, 0.25) is 11.9 Å². The molecular formula is C14H14FN3O. The molecule has 0 saturated carbocycles. The molecule has 2 rings (SSSR count). The highest BCUT2D eigenvalue weighted by molar-refractivity contribution is 5.94. The second kappa shape index (κ2) is 6.06. The number of pyridine rings is 1.